The Labute approximate surface area is 179 Å². The van der Waals surface area contributed by atoms with Gasteiger partial charge in [0.15, 0.2) is 5.17 Å². The van der Waals surface area contributed by atoms with Crippen LogP contribution in [0.2, 0.25) is 0 Å². The SMILES string of the molecule is NC(=O)c1ccccc1N=C1NC(=O)/C(=C\c2ccc(-c3ccccc3[N+](=O)[O-])o2)S1. The van der Waals surface area contributed by atoms with Gasteiger partial charge in [-0.2, -0.15) is 0 Å². The van der Waals surface area contributed by atoms with Crippen molar-refractivity contribution >= 4 is 46.2 Å². The minimum Gasteiger partial charge on any atom is -0.456 e. The molecule has 1 fully saturated rings. The van der Waals surface area contributed by atoms with Gasteiger partial charge in [-0.05, 0) is 42.1 Å². The molecule has 9 nitrogen and oxygen atoms in total. The van der Waals surface area contributed by atoms with E-state index in [9.17, 15) is 19.7 Å². The Morgan fingerprint density at radius 1 is 1.13 bits per heavy atom. The predicted molar refractivity (Wildman–Crippen MR) is 117 cm³/mol. The molecule has 0 aliphatic carbocycles. The number of furan rings is 1. The first-order chi connectivity index (χ1) is 14.9. The van der Waals surface area contributed by atoms with Crippen molar-refractivity contribution < 1.29 is 18.9 Å². The quantitative estimate of drug-likeness (QED) is 0.355. The van der Waals surface area contributed by atoms with Gasteiger partial charge in [-0.15, -0.1) is 0 Å². The highest BCUT2D eigenvalue weighted by atomic mass is 32.2. The molecule has 154 valence electrons. The number of amidine groups is 1. The normalized spacial score (nSPS) is 15.9. The maximum Gasteiger partial charge on any atom is 0.280 e. The number of benzene rings is 2. The smallest absolute Gasteiger partial charge is 0.280 e. The maximum atomic E-state index is 12.3. The van der Waals surface area contributed by atoms with Gasteiger partial charge in [-0.1, -0.05) is 24.3 Å². The van der Waals surface area contributed by atoms with Crippen LogP contribution < -0.4 is 11.1 Å². The molecule has 1 saturated heterocycles. The van der Waals surface area contributed by atoms with E-state index in [4.69, 9.17) is 10.2 Å². The molecule has 2 heterocycles. The Bertz CT molecular complexity index is 1280. The third-order valence-corrected chi connectivity index (χ3v) is 5.22. The van der Waals surface area contributed by atoms with Crippen molar-refractivity contribution in [3.63, 3.8) is 0 Å². The molecule has 4 rings (SSSR count). The highest BCUT2D eigenvalue weighted by Gasteiger charge is 2.25. The number of nitrogens with one attached hydrogen (secondary N) is 1. The highest BCUT2D eigenvalue weighted by Crippen LogP contribution is 2.33. The summed E-state index contributed by atoms with van der Waals surface area (Å²) in [6, 6.07) is 16.0. The Hall–Kier alpha value is -4.18. The molecule has 0 unspecified atom stereocenters. The van der Waals surface area contributed by atoms with E-state index in [1.165, 1.54) is 12.1 Å². The summed E-state index contributed by atoms with van der Waals surface area (Å²) in [5.74, 6) is -0.344. The number of rotatable bonds is 5. The summed E-state index contributed by atoms with van der Waals surface area (Å²) >= 11 is 1.07. The Morgan fingerprint density at radius 2 is 1.87 bits per heavy atom. The van der Waals surface area contributed by atoms with Gasteiger partial charge in [-0.3, -0.25) is 19.7 Å². The Balaban J connectivity index is 1.60. The molecule has 0 spiro atoms. The number of nitrogens with two attached hydrogens (primary N) is 1. The molecule has 0 saturated carbocycles. The molecule has 3 N–H and O–H groups in total. The van der Waals surface area contributed by atoms with E-state index in [-0.39, 0.29) is 22.3 Å². The van der Waals surface area contributed by atoms with E-state index in [0.29, 0.717) is 27.7 Å². The minimum atomic E-state index is -0.622. The molecule has 0 atom stereocenters. The largest absolute Gasteiger partial charge is 0.456 e. The van der Waals surface area contributed by atoms with Crippen LogP contribution in [0.4, 0.5) is 11.4 Å². The van der Waals surface area contributed by atoms with Crippen LogP contribution in [0.25, 0.3) is 17.4 Å². The summed E-state index contributed by atoms with van der Waals surface area (Å²) in [5.41, 5.74) is 6.20. The summed E-state index contributed by atoms with van der Waals surface area (Å²) in [6.45, 7) is 0. The van der Waals surface area contributed by atoms with Crippen LogP contribution in [0.15, 0.2) is 75.0 Å². The van der Waals surface area contributed by atoms with Crippen LogP contribution >= 0.6 is 11.8 Å². The second-order valence-electron chi connectivity index (χ2n) is 6.34. The van der Waals surface area contributed by atoms with E-state index in [0.717, 1.165) is 11.8 Å². The third-order valence-electron chi connectivity index (χ3n) is 4.31. The molecule has 0 radical (unpaired) electrons. The monoisotopic (exact) mass is 434 g/mol. The van der Waals surface area contributed by atoms with Crippen molar-refractivity contribution in [1.29, 1.82) is 0 Å². The van der Waals surface area contributed by atoms with Crippen LogP contribution in [-0.2, 0) is 4.79 Å². The van der Waals surface area contributed by atoms with Gasteiger partial charge in [0.2, 0.25) is 0 Å². The maximum absolute atomic E-state index is 12.3. The number of carbonyl (C=O) groups is 2. The summed E-state index contributed by atoms with van der Waals surface area (Å²) < 4.78 is 5.70. The van der Waals surface area contributed by atoms with E-state index in [2.05, 4.69) is 10.3 Å². The van der Waals surface area contributed by atoms with Crippen molar-refractivity contribution in [2.24, 2.45) is 10.7 Å². The third kappa shape index (κ3) is 4.23. The first-order valence-electron chi connectivity index (χ1n) is 8.94. The molecular formula is C21H14N4O5S. The number of nitro groups is 1. The lowest BCUT2D eigenvalue weighted by Gasteiger charge is -2.01. The average molecular weight is 434 g/mol. The fourth-order valence-corrected chi connectivity index (χ4v) is 3.73. The minimum absolute atomic E-state index is 0.0772. The average Bonchev–Trinajstić information content (AvgIpc) is 3.35. The Kier molecular flexibility index (Phi) is 5.37. The molecule has 31 heavy (non-hydrogen) atoms. The van der Waals surface area contributed by atoms with Gasteiger partial charge >= 0.3 is 0 Å². The molecule has 2 aromatic carbocycles. The zero-order chi connectivity index (χ0) is 22.0. The van der Waals surface area contributed by atoms with Crippen LogP contribution in [0.1, 0.15) is 16.1 Å². The van der Waals surface area contributed by atoms with Gasteiger partial charge in [0.25, 0.3) is 17.5 Å². The van der Waals surface area contributed by atoms with Crippen LogP contribution in [0.3, 0.4) is 0 Å². The van der Waals surface area contributed by atoms with E-state index < -0.39 is 10.8 Å². The molecule has 3 aromatic rings. The number of carbonyl (C=O) groups excluding carboxylic acids is 2. The fourth-order valence-electron chi connectivity index (χ4n) is 2.91. The van der Waals surface area contributed by atoms with Crippen LogP contribution in [0, 0.1) is 10.1 Å². The lowest BCUT2D eigenvalue weighted by atomic mass is 10.1. The molecular weight excluding hydrogens is 420 g/mol. The number of primary amides is 1. The second kappa shape index (κ2) is 8.28. The first kappa shape index (κ1) is 20.1. The molecule has 1 aromatic heterocycles. The topological polar surface area (TPSA) is 141 Å². The predicted octanol–water partition coefficient (Wildman–Crippen LogP) is 3.85. The lowest BCUT2D eigenvalue weighted by Crippen LogP contribution is -2.19. The standard InChI is InChI=1S/C21H14N4O5S/c22-19(26)13-5-1-3-7-15(13)23-21-24-20(27)18(31-21)11-12-9-10-17(30-12)14-6-2-4-8-16(14)25(28)29/h1-11H,(H2,22,26)(H,23,24,27)/b18-11+. The van der Waals surface area contributed by atoms with Gasteiger partial charge in [0.05, 0.1) is 26.6 Å². The van der Waals surface area contributed by atoms with Crippen molar-refractivity contribution in [2.75, 3.05) is 0 Å². The zero-order valence-electron chi connectivity index (χ0n) is 15.8. The summed E-state index contributed by atoms with van der Waals surface area (Å²) in [4.78, 5) is 39.2. The van der Waals surface area contributed by atoms with Crippen LogP contribution in [0.5, 0.6) is 0 Å². The second-order valence-corrected chi connectivity index (χ2v) is 7.37. The highest BCUT2D eigenvalue weighted by molar-refractivity contribution is 8.18. The summed E-state index contributed by atoms with van der Waals surface area (Å²) in [7, 11) is 0. The van der Waals surface area contributed by atoms with Crippen LogP contribution in [-0.4, -0.2) is 21.9 Å². The van der Waals surface area contributed by atoms with E-state index >= 15 is 0 Å². The van der Waals surface area contributed by atoms with Crippen molar-refractivity contribution in [3.05, 3.63) is 87.0 Å². The van der Waals surface area contributed by atoms with Gasteiger partial charge in [0.1, 0.15) is 11.5 Å². The van der Waals surface area contributed by atoms with Crippen molar-refractivity contribution in [1.82, 2.24) is 5.32 Å². The van der Waals surface area contributed by atoms with Crippen molar-refractivity contribution in [3.8, 4) is 11.3 Å². The number of hydrogen-bond acceptors (Lipinski definition) is 7. The number of para-hydroxylation sites is 2. The Morgan fingerprint density at radius 3 is 2.65 bits per heavy atom. The molecule has 1 aliphatic heterocycles. The number of nitrogens with zero attached hydrogens (tertiary/aromatic N) is 2. The van der Waals surface area contributed by atoms with Gasteiger partial charge in [-0.25, -0.2) is 4.99 Å². The number of amides is 2. The lowest BCUT2D eigenvalue weighted by molar-refractivity contribution is -0.384. The zero-order valence-corrected chi connectivity index (χ0v) is 16.6. The van der Waals surface area contributed by atoms with Gasteiger partial charge in [0, 0.05) is 12.1 Å². The number of thioether (sulfide) groups is 1. The van der Waals surface area contributed by atoms with E-state index in [1.807, 2.05) is 0 Å². The number of hydrogen-bond donors (Lipinski definition) is 2. The van der Waals surface area contributed by atoms with Gasteiger partial charge < -0.3 is 15.5 Å². The van der Waals surface area contributed by atoms with E-state index in [1.54, 1.807) is 54.6 Å². The molecule has 0 bridgehead atoms. The molecule has 2 amide bonds. The molecule has 10 heteroatoms. The molecule has 1 aliphatic rings. The first-order valence-corrected chi connectivity index (χ1v) is 9.76. The number of aliphatic imine (C=N–C) groups is 1. The summed E-state index contributed by atoms with van der Waals surface area (Å²) in [6.07, 6.45) is 1.51. The number of nitro benzene ring substituents is 1. The van der Waals surface area contributed by atoms with Crippen molar-refractivity contribution in [2.45, 2.75) is 0 Å². The summed E-state index contributed by atoms with van der Waals surface area (Å²) in [5, 5.41) is 14.1. The fraction of sp³-hybridized carbons (Fsp3) is 0.